The van der Waals surface area contributed by atoms with Crippen LogP contribution in [0.25, 0.3) is 0 Å². The predicted molar refractivity (Wildman–Crippen MR) is 66.0 cm³/mol. The monoisotopic (exact) mass is 241 g/mol. The van der Waals surface area contributed by atoms with Crippen LogP contribution >= 0.6 is 0 Å². The molecule has 2 unspecified atom stereocenters. The molecule has 0 saturated carbocycles. The van der Waals surface area contributed by atoms with Gasteiger partial charge in [-0.15, -0.1) is 0 Å². The second-order valence-electron chi connectivity index (χ2n) is 4.52. The Morgan fingerprint density at radius 2 is 2.38 bits per heavy atom. The van der Waals surface area contributed by atoms with Crippen molar-refractivity contribution >= 4 is 10.8 Å². The fraction of sp³-hybridized carbons (Fsp3) is 0.667. The van der Waals surface area contributed by atoms with Crippen molar-refractivity contribution in [1.29, 1.82) is 0 Å². The maximum Gasteiger partial charge on any atom is 0.0807 e. The summed E-state index contributed by atoms with van der Waals surface area (Å²) in [5, 5.41) is 9.90. The number of aliphatic hydroxyl groups is 1. The van der Waals surface area contributed by atoms with Crippen LogP contribution < -0.4 is 0 Å². The molecule has 1 aliphatic rings. The first-order chi connectivity index (χ1) is 7.59. The van der Waals surface area contributed by atoms with Crippen LogP contribution in [-0.4, -0.2) is 25.9 Å². The van der Waals surface area contributed by atoms with E-state index in [9.17, 15) is 9.32 Å². The summed E-state index contributed by atoms with van der Waals surface area (Å²) in [6, 6.07) is 2.08. The Morgan fingerprint density at radius 1 is 1.62 bits per heavy atom. The molecule has 16 heavy (non-hydrogen) atoms. The van der Waals surface area contributed by atoms with Crippen LogP contribution in [0.5, 0.6) is 0 Å². The van der Waals surface area contributed by atoms with Crippen LogP contribution in [0.15, 0.2) is 6.07 Å². The van der Waals surface area contributed by atoms with Gasteiger partial charge in [0.1, 0.15) is 0 Å². The third kappa shape index (κ3) is 2.23. The zero-order valence-corrected chi connectivity index (χ0v) is 10.7. The van der Waals surface area contributed by atoms with Crippen LogP contribution in [0.4, 0.5) is 0 Å². The molecule has 0 fully saturated rings. The standard InChI is InChI=1S/C12H19NO2S/c1-9-8-10-11(4-3-5-12(10)14)13(9)6-7-16(2)15/h8,12,14H,3-7H2,1-2H3. The quantitative estimate of drug-likeness (QED) is 0.872. The third-order valence-electron chi connectivity index (χ3n) is 3.30. The van der Waals surface area contributed by atoms with Crippen molar-refractivity contribution in [3.8, 4) is 0 Å². The number of aliphatic hydroxyl groups excluding tert-OH is 1. The van der Waals surface area contributed by atoms with Gasteiger partial charge in [-0.05, 0) is 32.3 Å². The number of fused-ring (bicyclic) bond motifs is 1. The summed E-state index contributed by atoms with van der Waals surface area (Å²) >= 11 is 0. The first kappa shape index (κ1) is 11.9. The minimum Gasteiger partial charge on any atom is -0.388 e. The number of hydrogen-bond donors (Lipinski definition) is 1. The fourth-order valence-electron chi connectivity index (χ4n) is 2.47. The van der Waals surface area contributed by atoms with Gasteiger partial charge in [0.05, 0.1) is 6.10 Å². The molecule has 1 aromatic heterocycles. The molecule has 0 aliphatic heterocycles. The highest BCUT2D eigenvalue weighted by atomic mass is 32.2. The fourth-order valence-corrected chi connectivity index (χ4v) is 2.91. The minimum atomic E-state index is -0.751. The summed E-state index contributed by atoms with van der Waals surface area (Å²) in [6.07, 6.45) is 4.40. The van der Waals surface area contributed by atoms with E-state index in [4.69, 9.17) is 0 Å². The van der Waals surface area contributed by atoms with Gasteiger partial charge in [0.15, 0.2) is 0 Å². The number of aromatic nitrogens is 1. The highest BCUT2D eigenvalue weighted by Crippen LogP contribution is 2.31. The molecule has 3 nitrogen and oxygen atoms in total. The summed E-state index contributed by atoms with van der Waals surface area (Å²) < 4.78 is 13.4. The largest absolute Gasteiger partial charge is 0.388 e. The van der Waals surface area contributed by atoms with Gasteiger partial charge >= 0.3 is 0 Å². The van der Waals surface area contributed by atoms with Crippen molar-refractivity contribution in [2.24, 2.45) is 0 Å². The van der Waals surface area contributed by atoms with Crippen LogP contribution in [0.1, 0.15) is 35.9 Å². The normalized spacial score (nSPS) is 21.8. The molecule has 2 atom stereocenters. The van der Waals surface area contributed by atoms with E-state index in [1.165, 1.54) is 11.4 Å². The van der Waals surface area contributed by atoms with Gasteiger partial charge in [-0.3, -0.25) is 4.21 Å². The van der Waals surface area contributed by atoms with Crippen LogP contribution in [-0.2, 0) is 23.8 Å². The summed E-state index contributed by atoms with van der Waals surface area (Å²) in [7, 11) is -0.751. The molecule has 0 aromatic carbocycles. The molecular formula is C12H19NO2S. The second-order valence-corrected chi connectivity index (χ2v) is 6.08. The first-order valence-electron chi connectivity index (χ1n) is 5.76. The van der Waals surface area contributed by atoms with Gasteiger partial charge in [-0.1, -0.05) is 0 Å². The van der Waals surface area contributed by atoms with Gasteiger partial charge in [-0.25, -0.2) is 0 Å². The Kier molecular flexibility index (Phi) is 3.50. The molecule has 1 heterocycles. The Balaban J connectivity index is 2.27. The minimum absolute atomic E-state index is 0.296. The van der Waals surface area contributed by atoms with Gasteiger partial charge in [0.25, 0.3) is 0 Å². The Morgan fingerprint density at radius 3 is 3.06 bits per heavy atom. The van der Waals surface area contributed by atoms with E-state index in [0.29, 0.717) is 5.75 Å². The highest BCUT2D eigenvalue weighted by Gasteiger charge is 2.22. The summed E-state index contributed by atoms with van der Waals surface area (Å²) in [6.45, 7) is 2.86. The van der Waals surface area contributed by atoms with Crippen molar-refractivity contribution in [2.45, 2.75) is 38.8 Å². The molecule has 0 bridgehead atoms. The zero-order chi connectivity index (χ0) is 11.7. The molecule has 0 saturated heterocycles. The second kappa shape index (κ2) is 4.72. The summed E-state index contributed by atoms with van der Waals surface area (Å²) in [4.78, 5) is 0. The van der Waals surface area contributed by atoms with Gasteiger partial charge < -0.3 is 9.67 Å². The van der Waals surface area contributed by atoms with E-state index >= 15 is 0 Å². The van der Waals surface area contributed by atoms with Crippen molar-refractivity contribution in [2.75, 3.05) is 12.0 Å². The Hall–Kier alpha value is -0.610. The van der Waals surface area contributed by atoms with Crippen LogP contribution in [0.2, 0.25) is 0 Å². The number of rotatable bonds is 3. The molecule has 1 aromatic rings. The lowest BCUT2D eigenvalue weighted by molar-refractivity contribution is 0.155. The zero-order valence-electron chi connectivity index (χ0n) is 9.90. The van der Waals surface area contributed by atoms with E-state index in [1.54, 1.807) is 6.26 Å². The lowest BCUT2D eigenvalue weighted by Gasteiger charge is -2.20. The Labute approximate surface area is 98.9 Å². The molecule has 1 aliphatic carbocycles. The van der Waals surface area contributed by atoms with Crippen molar-refractivity contribution < 1.29 is 9.32 Å². The van der Waals surface area contributed by atoms with Crippen molar-refractivity contribution in [3.63, 3.8) is 0 Å². The summed E-state index contributed by atoms with van der Waals surface area (Å²) in [5.74, 6) is 0.693. The van der Waals surface area contributed by atoms with Crippen LogP contribution in [0, 0.1) is 6.92 Å². The average molecular weight is 241 g/mol. The van der Waals surface area contributed by atoms with Gasteiger partial charge in [-0.2, -0.15) is 0 Å². The van der Waals surface area contributed by atoms with Crippen molar-refractivity contribution in [1.82, 2.24) is 4.57 Å². The molecule has 0 spiro atoms. The van der Waals surface area contributed by atoms with E-state index in [1.807, 2.05) is 0 Å². The number of hydrogen-bond acceptors (Lipinski definition) is 2. The SMILES string of the molecule is Cc1cc2c(n1CCS(C)=O)CCCC2O. The molecule has 2 rings (SSSR count). The smallest absolute Gasteiger partial charge is 0.0807 e. The van der Waals surface area contributed by atoms with Crippen LogP contribution in [0.3, 0.4) is 0 Å². The first-order valence-corrected chi connectivity index (χ1v) is 7.49. The summed E-state index contributed by atoms with van der Waals surface area (Å²) in [5.41, 5.74) is 3.52. The molecule has 90 valence electrons. The van der Waals surface area contributed by atoms with E-state index in [0.717, 1.165) is 31.4 Å². The molecule has 1 N–H and O–H groups in total. The molecule has 0 radical (unpaired) electrons. The number of aryl methyl sites for hydroxylation is 1. The van der Waals surface area contributed by atoms with Gasteiger partial charge in [0, 0.05) is 46.3 Å². The maximum absolute atomic E-state index is 11.1. The lowest BCUT2D eigenvalue weighted by Crippen LogP contribution is -2.15. The Bertz CT molecular complexity index is 411. The van der Waals surface area contributed by atoms with E-state index in [2.05, 4.69) is 17.6 Å². The van der Waals surface area contributed by atoms with Crippen molar-refractivity contribution in [3.05, 3.63) is 23.0 Å². The third-order valence-corrected chi connectivity index (χ3v) is 4.06. The molecule has 0 amide bonds. The predicted octanol–water partition coefficient (Wildman–Crippen LogP) is 1.54. The topological polar surface area (TPSA) is 42.2 Å². The molecule has 4 heteroatoms. The maximum atomic E-state index is 11.1. The average Bonchev–Trinajstić information content (AvgIpc) is 2.53. The highest BCUT2D eigenvalue weighted by molar-refractivity contribution is 7.84. The van der Waals surface area contributed by atoms with Gasteiger partial charge in [0.2, 0.25) is 0 Å². The molecular weight excluding hydrogens is 222 g/mol. The lowest BCUT2D eigenvalue weighted by atomic mass is 9.95. The number of nitrogens with zero attached hydrogens (tertiary/aromatic N) is 1. The van der Waals surface area contributed by atoms with E-state index in [-0.39, 0.29) is 6.10 Å². The van der Waals surface area contributed by atoms with E-state index < -0.39 is 10.8 Å².